The molecule has 0 radical (unpaired) electrons. The van der Waals surface area contributed by atoms with Crippen LogP contribution in [-0.2, 0) is 17.8 Å². The van der Waals surface area contributed by atoms with Crippen molar-refractivity contribution in [3.63, 3.8) is 0 Å². The lowest BCUT2D eigenvalue weighted by Crippen LogP contribution is -2.35. The van der Waals surface area contributed by atoms with Gasteiger partial charge in [-0.3, -0.25) is 9.69 Å². The zero-order valence-electron chi connectivity index (χ0n) is 16.1. The Kier molecular flexibility index (Phi) is 6.24. The maximum atomic E-state index is 12.7. The zero-order chi connectivity index (χ0) is 20.1. The van der Waals surface area contributed by atoms with Gasteiger partial charge < -0.3 is 10.1 Å². The highest BCUT2D eigenvalue weighted by molar-refractivity contribution is 6.30. The fraction of sp³-hybridized carbons (Fsp3) is 0.273. The van der Waals surface area contributed by atoms with Crippen LogP contribution < -0.4 is 5.32 Å². The Morgan fingerprint density at radius 3 is 2.34 bits per heavy atom. The number of amides is 1. The van der Waals surface area contributed by atoms with E-state index in [0.29, 0.717) is 22.9 Å². The van der Waals surface area contributed by atoms with Crippen LogP contribution in [0.5, 0.6) is 0 Å². The molecule has 1 fully saturated rings. The van der Waals surface area contributed by atoms with Gasteiger partial charge >= 0.3 is 0 Å². The van der Waals surface area contributed by atoms with Gasteiger partial charge in [-0.05, 0) is 35.4 Å². The SMILES string of the molecule is O=C(Nc1ccnn1Cc1ccc(Cl)cc1)c1ccc(CN2CCOCC2)cc1. The third-order valence-electron chi connectivity index (χ3n) is 4.93. The summed E-state index contributed by atoms with van der Waals surface area (Å²) < 4.78 is 7.14. The highest BCUT2D eigenvalue weighted by atomic mass is 35.5. The lowest BCUT2D eigenvalue weighted by atomic mass is 10.1. The van der Waals surface area contributed by atoms with E-state index in [9.17, 15) is 4.79 Å². The molecule has 29 heavy (non-hydrogen) atoms. The smallest absolute Gasteiger partial charge is 0.256 e. The summed E-state index contributed by atoms with van der Waals surface area (Å²) in [6.07, 6.45) is 1.68. The van der Waals surface area contributed by atoms with E-state index in [1.165, 1.54) is 5.56 Å². The molecular weight excluding hydrogens is 388 g/mol. The molecule has 4 rings (SSSR count). The van der Waals surface area contributed by atoms with Crippen molar-refractivity contribution < 1.29 is 9.53 Å². The number of nitrogens with one attached hydrogen (secondary N) is 1. The first-order chi connectivity index (χ1) is 14.2. The topological polar surface area (TPSA) is 59.4 Å². The number of benzene rings is 2. The second kappa shape index (κ2) is 9.22. The fourth-order valence-corrected chi connectivity index (χ4v) is 3.42. The highest BCUT2D eigenvalue weighted by Crippen LogP contribution is 2.15. The quantitative estimate of drug-likeness (QED) is 0.673. The number of rotatable bonds is 6. The first kappa shape index (κ1) is 19.6. The molecule has 0 saturated carbocycles. The molecule has 0 spiro atoms. The number of nitrogens with zero attached hydrogens (tertiary/aromatic N) is 3. The van der Waals surface area contributed by atoms with Crippen LogP contribution in [0.2, 0.25) is 5.02 Å². The summed E-state index contributed by atoms with van der Waals surface area (Å²) in [5, 5.41) is 7.96. The van der Waals surface area contributed by atoms with Crippen molar-refractivity contribution in [1.82, 2.24) is 14.7 Å². The highest BCUT2D eigenvalue weighted by Gasteiger charge is 2.13. The van der Waals surface area contributed by atoms with Gasteiger partial charge in [-0.2, -0.15) is 5.10 Å². The second-order valence-corrected chi connectivity index (χ2v) is 7.48. The van der Waals surface area contributed by atoms with Crippen molar-refractivity contribution in [2.45, 2.75) is 13.1 Å². The van der Waals surface area contributed by atoms with E-state index >= 15 is 0 Å². The van der Waals surface area contributed by atoms with Gasteiger partial charge in [0.05, 0.1) is 26.0 Å². The van der Waals surface area contributed by atoms with Gasteiger partial charge in [0.25, 0.3) is 5.91 Å². The molecule has 0 atom stereocenters. The third-order valence-corrected chi connectivity index (χ3v) is 5.18. The molecular formula is C22H23ClN4O2. The van der Waals surface area contributed by atoms with Crippen molar-refractivity contribution in [3.8, 4) is 0 Å². The van der Waals surface area contributed by atoms with Crippen LogP contribution in [0.3, 0.4) is 0 Å². The maximum absolute atomic E-state index is 12.7. The van der Waals surface area contributed by atoms with E-state index in [0.717, 1.165) is 38.4 Å². The van der Waals surface area contributed by atoms with E-state index in [1.54, 1.807) is 16.9 Å². The van der Waals surface area contributed by atoms with Gasteiger partial charge in [0.2, 0.25) is 0 Å². The van der Waals surface area contributed by atoms with Gasteiger partial charge in [0.15, 0.2) is 0 Å². The van der Waals surface area contributed by atoms with Gasteiger partial charge in [-0.25, -0.2) is 4.68 Å². The summed E-state index contributed by atoms with van der Waals surface area (Å²) in [7, 11) is 0. The molecule has 3 aromatic rings. The Morgan fingerprint density at radius 1 is 0.966 bits per heavy atom. The Labute approximate surface area is 175 Å². The minimum Gasteiger partial charge on any atom is -0.379 e. The van der Waals surface area contributed by atoms with Crippen LogP contribution in [0.1, 0.15) is 21.5 Å². The molecule has 0 aliphatic carbocycles. The number of hydrogen-bond acceptors (Lipinski definition) is 4. The molecule has 7 heteroatoms. The molecule has 1 aliphatic rings. The van der Waals surface area contributed by atoms with Crippen LogP contribution in [-0.4, -0.2) is 46.9 Å². The van der Waals surface area contributed by atoms with E-state index in [2.05, 4.69) is 15.3 Å². The van der Waals surface area contributed by atoms with E-state index in [1.807, 2.05) is 48.5 Å². The van der Waals surface area contributed by atoms with Gasteiger partial charge in [0, 0.05) is 36.3 Å². The van der Waals surface area contributed by atoms with Crippen molar-refractivity contribution in [2.75, 3.05) is 31.6 Å². The van der Waals surface area contributed by atoms with E-state index in [-0.39, 0.29) is 5.91 Å². The van der Waals surface area contributed by atoms with Crippen molar-refractivity contribution in [1.29, 1.82) is 0 Å². The lowest BCUT2D eigenvalue weighted by molar-refractivity contribution is 0.0342. The first-order valence-corrected chi connectivity index (χ1v) is 10.0. The number of halogens is 1. The molecule has 1 amide bonds. The van der Waals surface area contributed by atoms with E-state index < -0.39 is 0 Å². The Morgan fingerprint density at radius 2 is 1.62 bits per heavy atom. The summed E-state index contributed by atoms with van der Waals surface area (Å²) >= 11 is 5.94. The number of ether oxygens (including phenoxy) is 1. The van der Waals surface area contributed by atoms with Crippen LogP contribution in [0.4, 0.5) is 5.82 Å². The van der Waals surface area contributed by atoms with Gasteiger partial charge in [0.1, 0.15) is 5.82 Å². The number of aromatic nitrogens is 2. The van der Waals surface area contributed by atoms with Gasteiger partial charge in [-0.15, -0.1) is 0 Å². The normalized spacial score (nSPS) is 14.7. The van der Waals surface area contributed by atoms with Crippen LogP contribution in [0.15, 0.2) is 60.8 Å². The largest absolute Gasteiger partial charge is 0.379 e. The van der Waals surface area contributed by atoms with Crippen LogP contribution in [0, 0.1) is 0 Å². The minimum absolute atomic E-state index is 0.152. The Balaban J connectivity index is 1.38. The predicted molar refractivity (Wildman–Crippen MR) is 113 cm³/mol. The third kappa shape index (κ3) is 5.23. The standard InChI is InChI=1S/C22H23ClN4O2/c23-20-7-3-18(4-8-20)16-27-21(9-10-24-27)25-22(28)19-5-1-17(2-6-19)15-26-11-13-29-14-12-26/h1-10H,11-16H2,(H,25,28). The van der Waals surface area contributed by atoms with Crippen LogP contribution in [0.25, 0.3) is 0 Å². The minimum atomic E-state index is -0.152. The fourth-order valence-electron chi connectivity index (χ4n) is 3.30. The summed E-state index contributed by atoms with van der Waals surface area (Å²) in [6.45, 7) is 4.88. The van der Waals surface area contributed by atoms with Crippen molar-refractivity contribution in [2.24, 2.45) is 0 Å². The van der Waals surface area contributed by atoms with Gasteiger partial charge in [-0.1, -0.05) is 35.9 Å². The van der Waals surface area contributed by atoms with Crippen molar-refractivity contribution >= 4 is 23.3 Å². The number of morpholine rings is 1. The molecule has 1 N–H and O–H groups in total. The average Bonchev–Trinajstić information content (AvgIpc) is 3.17. The molecule has 0 unspecified atom stereocenters. The average molecular weight is 411 g/mol. The summed E-state index contributed by atoms with van der Waals surface area (Å²) in [5.74, 6) is 0.503. The number of anilines is 1. The molecule has 0 bridgehead atoms. The first-order valence-electron chi connectivity index (χ1n) is 9.64. The van der Waals surface area contributed by atoms with E-state index in [4.69, 9.17) is 16.3 Å². The van der Waals surface area contributed by atoms with Crippen molar-refractivity contribution in [3.05, 3.63) is 82.5 Å². The molecule has 1 aromatic heterocycles. The maximum Gasteiger partial charge on any atom is 0.256 e. The number of hydrogen-bond donors (Lipinski definition) is 1. The number of carbonyl (C=O) groups excluding carboxylic acids is 1. The van der Waals surface area contributed by atoms with Crippen LogP contribution >= 0.6 is 11.6 Å². The molecule has 2 aromatic carbocycles. The lowest BCUT2D eigenvalue weighted by Gasteiger charge is -2.26. The monoisotopic (exact) mass is 410 g/mol. The molecule has 1 aliphatic heterocycles. The zero-order valence-corrected chi connectivity index (χ0v) is 16.8. The molecule has 2 heterocycles. The summed E-state index contributed by atoms with van der Waals surface area (Å²) in [5.41, 5.74) is 2.87. The second-order valence-electron chi connectivity index (χ2n) is 7.04. The predicted octanol–water partition coefficient (Wildman–Crippen LogP) is 3.67. The molecule has 1 saturated heterocycles. The summed E-state index contributed by atoms with van der Waals surface area (Å²) in [4.78, 5) is 15.0. The molecule has 6 nitrogen and oxygen atoms in total. The Hall–Kier alpha value is -2.67. The molecule has 150 valence electrons. The summed E-state index contributed by atoms with van der Waals surface area (Å²) in [6, 6.07) is 17.1. The Bertz CT molecular complexity index is 948. The number of carbonyl (C=O) groups is 1.